The number of hydrogen-bond donors (Lipinski definition) is 3. The molecule has 0 atom stereocenters. The van der Waals surface area contributed by atoms with Gasteiger partial charge in [0, 0.05) is 18.8 Å². The summed E-state index contributed by atoms with van der Waals surface area (Å²) in [6, 6.07) is 2.41. The number of amides is 1. The van der Waals surface area contributed by atoms with Crippen molar-refractivity contribution < 1.29 is 15.0 Å². The summed E-state index contributed by atoms with van der Waals surface area (Å²) in [6.07, 6.45) is 1.35. The fourth-order valence-electron chi connectivity index (χ4n) is 1.85. The SMILES string of the molecule is CCn1cc(C(N)=O)c(=O)c2cc(O)c(O)cc21. The third-order valence-electron chi connectivity index (χ3n) is 2.78. The molecule has 1 aromatic carbocycles. The molecule has 1 heterocycles. The number of hydrogen-bond acceptors (Lipinski definition) is 4. The van der Waals surface area contributed by atoms with E-state index in [0.717, 1.165) is 6.07 Å². The third-order valence-corrected chi connectivity index (χ3v) is 2.78. The Bertz CT molecular complexity index is 703. The van der Waals surface area contributed by atoms with Gasteiger partial charge in [-0.3, -0.25) is 9.59 Å². The van der Waals surface area contributed by atoms with Gasteiger partial charge in [0.15, 0.2) is 11.5 Å². The molecule has 18 heavy (non-hydrogen) atoms. The maximum Gasteiger partial charge on any atom is 0.254 e. The van der Waals surface area contributed by atoms with Gasteiger partial charge >= 0.3 is 0 Å². The zero-order valence-corrected chi connectivity index (χ0v) is 9.67. The molecule has 0 saturated carbocycles. The van der Waals surface area contributed by atoms with E-state index in [0.29, 0.717) is 12.1 Å². The highest BCUT2D eigenvalue weighted by Crippen LogP contribution is 2.28. The van der Waals surface area contributed by atoms with E-state index in [1.165, 1.54) is 12.3 Å². The highest BCUT2D eigenvalue weighted by atomic mass is 16.3. The quantitative estimate of drug-likeness (QED) is 0.674. The van der Waals surface area contributed by atoms with Gasteiger partial charge in [0.1, 0.15) is 5.56 Å². The summed E-state index contributed by atoms with van der Waals surface area (Å²) < 4.78 is 1.61. The normalized spacial score (nSPS) is 10.7. The van der Waals surface area contributed by atoms with Crippen LogP contribution >= 0.6 is 0 Å². The molecule has 6 nitrogen and oxygen atoms in total. The van der Waals surface area contributed by atoms with Crippen molar-refractivity contribution in [3.8, 4) is 11.5 Å². The van der Waals surface area contributed by atoms with Gasteiger partial charge < -0.3 is 20.5 Å². The van der Waals surface area contributed by atoms with Crippen LogP contribution in [0.5, 0.6) is 11.5 Å². The smallest absolute Gasteiger partial charge is 0.254 e. The second kappa shape index (κ2) is 4.06. The molecule has 94 valence electrons. The second-order valence-corrected chi connectivity index (χ2v) is 3.88. The topological polar surface area (TPSA) is 106 Å². The number of pyridine rings is 1. The Morgan fingerprint density at radius 3 is 2.50 bits per heavy atom. The molecule has 0 aliphatic heterocycles. The molecule has 4 N–H and O–H groups in total. The number of primary amides is 1. The third kappa shape index (κ3) is 1.67. The number of aryl methyl sites for hydroxylation is 1. The molecular formula is C12H12N2O4. The van der Waals surface area contributed by atoms with Crippen LogP contribution < -0.4 is 11.2 Å². The predicted octanol–water partition coefficient (Wildman–Crippen LogP) is 0.531. The van der Waals surface area contributed by atoms with Gasteiger partial charge in [-0.15, -0.1) is 0 Å². The van der Waals surface area contributed by atoms with Crippen LogP contribution in [0.1, 0.15) is 17.3 Å². The van der Waals surface area contributed by atoms with Crippen LogP contribution in [-0.2, 0) is 6.54 Å². The summed E-state index contributed by atoms with van der Waals surface area (Å²) in [5.74, 6) is -1.56. The van der Waals surface area contributed by atoms with Crippen molar-refractivity contribution in [2.24, 2.45) is 5.73 Å². The van der Waals surface area contributed by atoms with Gasteiger partial charge in [0.2, 0.25) is 5.43 Å². The molecule has 1 aromatic heterocycles. The Morgan fingerprint density at radius 1 is 1.33 bits per heavy atom. The molecule has 2 rings (SSSR count). The summed E-state index contributed by atoms with van der Waals surface area (Å²) in [5, 5.41) is 19.0. The number of nitrogens with two attached hydrogens (primary N) is 1. The van der Waals surface area contributed by atoms with Crippen LogP contribution in [0.15, 0.2) is 23.1 Å². The second-order valence-electron chi connectivity index (χ2n) is 3.88. The largest absolute Gasteiger partial charge is 0.504 e. The summed E-state index contributed by atoms with van der Waals surface area (Å²) in [6.45, 7) is 2.31. The van der Waals surface area contributed by atoms with Crippen molar-refractivity contribution in [1.29, 1.82) is 0 Å². The fourth-order valence-corrected chi connectivity index (χ4v) is 1.85. The molecule has 1 amide bonds. The molecule has 0 saturated heterocycles. The van der Waals surface area contributed by atoms with Crippen molar-refractivity contribution in [3.63, 3.8) is 0 Å². The van der Waals surface area contributed by atoms with E-state index in [2.05, 4.69) is 0 Å². The Morgan fingerprint density at radius 2 is 1.94 bits per heavy atom. The Hall–Kier alpha value is -2.50. The number of nitrogens with zero attached hydrogens (tertiary/aromatic N) is 1. The molecule has 2 aromatic rings. The number of rotatable bonds is 2. The van der Waals surface area contributed by atoms with Gasteiger partial charge in [-0.25, -0.2) is 0 Å². The summed E-state index contributed by atoms with van der Waals surface area (Å²) in [4.78, 5) is 23.2. The number of phenolic OH excluding ortho intramolecular Hbond substituents is 2. The number of benzene rings is 1. The molecule has 0 unspecified atom stereocenters. The minimum atomic E-state index is -0.823. The van der Waals surface area contributed by atoms with Crippen LogP contribution in [0, 0.1) is 0 Å². The van der Waals surface area contributed by atoms with E-state index in [1.54, 1.807) is 4.57 Å². The number of aromatic nitrogens is 1. The van der Waals surface area contributed by atoms with E-state index in [4.69, 9.17) is 5.73 Å². The highest BCUT2D eigenvalue weighted by molar-refractivity contribution is 5.96. The lowest BCUT2D eigenvalue weighted by molar-refractivity contribution is 0.0999. The summed E-state index contributed by atoms with van der Waals surface area (Å²) >= 11 is 0. The molecule has 0 aliphatic carbocycles. The van der Waals surface area contributed by atoms with Crippen LogP contribution in [-0.4, -0.2) is 20.7 Å². The number of fused-ring (bicyclic) bond motifs is 1. The number of aromatic hydroxyl groups is 2. The van der Waals surface area contributed by atoms with Gasteiger partial charge in [0.05, 0.1) is 10.9 Å². The fraction of sp³-hybridized carbons (Fsp3) is 0.167. The first kappa shape index (κ1) is 12.0. The highest BCUT2D eigenvalue weighted by Gasteiger charge is 2.14. The summed E-state index contributed by atoms with van der Waals surface area (Å²) in [7, 11) is 0. The minimum absolute atomic E-state index is 0.142. The Kier molecular flexibility index (Phi) is 2.70. The van der Waals surface area contributed by atoms with E-state index < -0.39 is 17.1 Å². The first-order valence-electron chi connectivity index (χ1n) is 5.34. The van der Waals surface area contributed by atoms with Gasteiger partial charge in [0.25, 0.3) is 5.91 Å². The van der Waals surface area contributed by atoms with E-state index in [-0.39, 0.29) is 16.7 Å². The van der Waals surface area contributed by atoms with E-state index in [1.807, 2.05) is 6.92 Å². The standard InChI is InChI=1S/C12H12N2O4/c1-2-14-5-7(12(13)18)11(17)6-3-9(15)10(16)4-8(6)14/h3-5,15-16H,2H2,1H3,(H2,13,18). The lowest BCUT2D eigenvalue weighted by Gasteiger charge is -2.11. The van der Waals surface area contributed by atoms with Crippen molar-refractivity contribution >= 4 is 16.8 Å². The van der Waals surface area contributed by atoms with Gasteiger partial charge in [-0.05, 0) is 13.0 Å². The van der Waals surface area contributed by atoms with Crippen LogP contribution in [0.3, 0.4) is 0 Å². The predicted molar refractivity (Wildman–Crippen MR) is 65.7 cm³/mol. The van der Waals surface area contributed by atoms with Gasteiger partial charge in [-0.2, -0.15) is 0 Å². The number of phenols is 2. The van der Waals surface area contributed by atoms with Crippen molar-refractivity contribution in [2.45, 2.75) is 13.5 Å². The molecular weight excluding hydrogens is 236 g/mol. The average molecular weight is 248 g/mol. The zero-order chi connectivity index (χ0) is 13.4. The molecule has 6 heteroatoms. The van der Waals surface area contributed by atoms with E-state index in [9.17, 15) is 19.8 Å². The maximum atomic E-state index is 12.0. The minimum Gasteiger partial charge on any atom is -0.504 e. The number of carbonyl (C=O) groups excluding carboxylic acids is 1. The van der Waals surface area contributed by atoms with Crippen LogP contribution in [0.4, 0.5) is 0 Å². The molecule has 0 aliphatic rings. The van der Waals surface area contributed by atoms with Crippen LogP contribution in [0.25, 0.3) is 10.9 Å². The van der Waals surface area contributed by atoms with Gasteiger partial charge in [-0.1, -0.05) is 0 Å². The monoisotopic (exact) mass is 248 g/mol. The zero-order valence-electron chi connectivity index (χ0n) is 9.67. The number of carbonyl (C=O) groups is 1. The molecule has 0 bridgehead atoms. The summed E-state index contributed by atoms with van der Waals surface area (Å²) in [5.41, 5.74) is 4.86. The molecule has 0 radical (unpaired) electrons. The van der Waals surface area contributed by atoms with Crippen molar-refractivity contribution in [1.82, 2.24) is 4.57 Å². The lowest BCUT2D eigenvalue weighted by atomic mass is 10.1. The van der Waals surface area contributed by atoms with E-state index >= 15 is 0 Å². The first-order chi connectivity index (χ1) is 8.45. The van der Waals surface area contributed by atoms with Crippen LogP contribution in [0.2, 0.25) is 0 Å². The first-order valence-corrected chi connectivity index (χ1v) is 5.34. The lowest BCUT2D eigenvalue weighted by Crippen LogP contribution is -2.24. The molecule has 0 fully saturated rings. The Labute approximate surface area is 102 Å². The maximum absolute atomic E-state index is 12.0. The average Bonchev–Trinajstić information content (AvgIpc) is 2.32. The van der Waals surface area contributed by atoms with Crippen molar-refractivity contribution in [2.75, 3.05) is 0 Å². The Balaban J connectivity index is 2.99. The van der Waals surface area contributed by atoms with Crippen molar-refractivity contribution in [3.05, 3.63) is 34.1 Å². The molecule has 0 spiro atoms.